The summed E-state index contributed by atoms with van der Waals surface area (Å²) in [5, 5.41) is 16.0. The highest BCUT2D eigenvalue weighted by Crippen LogP contribution is 2.34. The Hall–Kier alpha value is -3.44. The van der Waals surface area contributed by atoms with Crippen LogP contribution in [0.25, 0.3) is 0 Å². The number of halogens is 2. The number of hydrogen-bond donors (Lipinski definition) is 3. The zero-order chi connectivity index (χ0) is 21.1. The molecule has 0 saturated carbocycles. The fraction of sp³-hybridized carbons (Fsp3) is 0.111. The predicted molar refractivity (Wildman–Crippen MR) is 108 cm³/mol. The Balaban J connectivity index is 1.30. The summed E-state index contributed by atoms with van der Waals surface area (Å²) in [5.41, 5.74) is 0.858. The molecule has 0 spiro atoms. The van der Waals surface area contributed by atoms with Crippen LogP contribution >= 0.6 is 22.9 Å². The molecule has 9 nitrogen and oxygen atoms in total. The van der Waals surface area contributed by atoms with Crippen LogP contribution in [0.5, 0.6) is 11.5 Å². The van der Waals surface area contributed by atoms with Crippen molar-refractivity contribution in [1.29, 1.82) is 0 Å². The summed E-state index contributed by atoms with van der Waals surface area (Å²) < 4.78 is 23.6. The third kappa shape index (κ3) is 4.58. The second kappa shape index (κ2) is 8.51. The van der Waals surface area contributed by atoms with Crippen molar-refractivity contribution in [2.45, 2.75) is 6.54 Å². The highest BCUT2D eigenvalue weighted by molar-refractivity contribution is 7.13. The SMILES string of the molecule is O=C(NCc1nnc(C(=O)Nc2ccc3c(c2)OCO3)s1)Nc1ccc(F)c(Cl)c1. The van der Waals surface area contributed by atoms with Crippen LogP contribution in [0.15, 0.2) is 36.4 Å². The minimum absolute atomic E-state index is 0.0513. The summed E-state index contributed by atoms with van der Waals surface area (Å²) in [6, 6.07) is 8.30. The normalized spacial score (nSPS) is 11.8. The van der Waals surface area contributed by atoms with Crippen LogP contribution in [0, 0.1) is 5.82 Å². The van der Waals surface area contributed by atoms with Crippen LogP contribution < -0.4 is 25.4 Å². The molecule has 0 bridgehead atoms. The second-order valence-electron chi connectivity index (χ2n) is 5.96. The van der Waals surface area contributed by atoms with Gasteiger partial charge in [-0.2, -0.15) is 0 Å². The number of nitrogens with zero attached hydrogens (tertiary/aromatic N) is 2. The third-order valence-electron chi connectivity index (χ3n) is 3.87. The number of fused-ring (bicyclic) bond motifs is 1. The van der Waals surface area contributed by atoms with E-state index in [1.54, 1.807) is 18.2 Å². The van der Waals surface area contributed by atoms with Gasteiger partial charge < -0.3 is 25.4 Å². The van der Waals surface area contributed by atoms with Crippen molar-refractivity contribution < 1.29 is 23.5 Å². The molecular formula is C18H13ClFN5O4S. The van der Waals surface area contributed by atoms with Gasteiger partial charge >= 0.3 is 6.03 Å². The Morgan fingerprint density at radius 3 is 2.67 bits per heavy atom. The molecule has 0 aliphatic carbocycles. The molecule has 2 heterocycles. The number of ether oxygens (including phenoxy) is 2. The number of carbonyl (C=O) groups excluding carboxylic acids is 2. The highest BCUT2D eigenvalue weighted by atomic mass is 35.5. The summed E-state index contributed by atoms with van der Waals surface area (Å²) >= 11 is 6.71. The monoisotopic (exact) mass is 449 g/mol. The average molecular weight is 450 g/mol. The van der Waals surface area contributed by atoms with E-state index < -0.39 is 17.8 Å². The number of urea groups is 1. The molecule has 0 fully saturated rings. The molecule has 154 valence electrons. The number of carbonyl (C=O) groups is 2. The van der Waals surface area contributed by atoms with E-state index in [2.05, 4.69) is 26.1 Å². The number of anilines is 2. The van der Waals surface area contributed by atoms with Gasteiger partial charge in [0.25, 0.3) is 5.91 Å². The van der Waals surface area contributed by atoms with E-state index in [-0.39, 0.29) is 23.4 Å². The lowest BCUT2D eigenvalue weighted by Gasteiger charge is -2.06. The Morgan fingerprint density at radius 1 is 1.07 bits per heavy atom. The number of amides is 3. The lowest BCUT2D eigenvalue weighted by molar-refractivity contribution is 0.102. The van der Waals surface area contributed by atoms with Crippen LogP contribution in [-0.2, 0) is 6.54 Å². The number of benzene rings is 2. The fourth-order valence-corrected chi connectivity index (χ4v) is 3.34. The lowest BCUT2D eigenvalue weighted by Crippen LogP contribution is -2.28. The minimum Gasteiger partial charge on any atom is -0.454 e. The number of nitrogens with one attached hydrogen (secondary N) is 3. The van der Waals surface area contributed by atoms with E-state index in [9.17, 15) is 14.0 Å². The van der Waals surface area contributed by atoms with Gasteiger partial charge in [0, 0.05) is 17.4 Å². The molecule has 1 aliphatic heterocycles. The van der Waals surface area contributed by atoms with Gasteiger partial charge in [-0.3, -0.25) is 4.79 Å². The molecule has 2 aromatic carbocycles. The average Bonchev–Trinajstić information content (AvgIpc) is 3.38. The zero-order valence-electron chi connectivity index (χ0n) is 15.1. The van der Waals surface area contributed by atoms with E-state index in [0.29, 0.717) is 27.9 Å². The van der Waals surface area contributed by atoms with Crippen LogP contribution in [0.1, 0.15) is 14.8 Å². The molecule has 0 radical (unpaired) electrons. The van der Waals surface area contributed by atoms with E-state index in [4.69, 9.17) is 21.1 Å². The van der Waals surface area contributed by atoms with Crippen LogP contribution in [0.4, 0.5) is 20.6 Å². The summed E-state index contributed by atoms with van der Waals surface area (Å²) in [6.07, 6.45) is 0. The molecular weight excluding hydrogens is 437 g/mol. The molecule has 30 heavy (non-hydrogen) atoms. The maximum atomic E-state index is 13.2. The van der Waals surface area contributed by atoms with E-state index in [1.165, 1.54) is 12.1 Å². The Kier molecular flexibility index (Phi) is 5.63. The minimum atomic E-state index is -0.581. The first-order chi connectivity index (χ1) is 14.5. The van der Waals surface area contributed by atoms with Gasteiger partial charge in [0.05, 0.1) is 11.6 Å². The quantitative estimate of drug-likeness (QED) is 0.548. The first-order valence-electron chi connectivity index (χ1n) is 8.51. The summed E-state index contributed by atoms with van der Waals surface area (Å²) in [6.45, 7) is 0.191. The molecule has 3 N–H and O–H groups in total. The van der Waals surface area contributed by atoms with Gasteiger partial charge in [0.1, 0.15) is 10.8 Å². The number of aromatic nitrogens is 2. The molecule has 12 heteroatoms. The summed E-state index contributed by atoms with van der Waals surface area (Å²) in [5.74, 6) is 0.132. The number of hydrogen-bond acceptors (Lipinski definition) is 7. The molecule has 3 amide bonds. The van der Waals surface area contributed by atoms with Crippen LogP contribution in [0.2, 0.25) is 5.02 Å². The Bertz CT molecular complexity index is 1130. The van der Waals surface area contributed by atoms with Crippen molar-refractivity contribution in [2.24, 2.45) is 0 Å². The van der Waals surface area contributed by atoms with Gasteiger partial charge in [-0.1, -0.05) is 22.9 Å². The van der Waals surface area contributed by atoms with Gasteiger partial charge in [0.2, 0.25) is 11.8 Å². The topological polar surface area (TPSA) is 114 Å². The van der Waals surface area contributed by atoms with Crippen molar-refractivity contribution in [1.82, 2.24) is 15.5 Å². The first-order valence-corrected chi connectivity index (χ1v) is 9.70. The molecule has 0 atom stereocenters. The molecule has 0 unspecified atom stereocenters. The zero-order valence-corrected chi connectivity index (χ0v) is 16.6. The van der Waals surface area contributed by atoms with Crippen molar-refractivity contribution in [2.75, 3.05) is 17.4 Å². The largest absolute Gasteiger partial charge is 0.454 e. The molecule has 1 aromatic heterocycles. The Morgan fingerprint density at radius 2 is 1.83 bits per heavy atom. The molecule has 4 rings (SSSR count). The van der Waals surface area contributed by atoms with E-state index in [0.717, 1.165) is 17.4 Å². The van der Waals surface area contributed by atoms with Gasteiger partial charge in [-0.05, 0) is 30.3 Å². The summed E-state index contributed by atoms with van der Waals surface area (Å²) in [4.78, 5) is 24.3. The van der Waals surface area contributed by atoms with Crippen LogP contribution in [0.3, 0.4) is 0 Å². The highest BCUT2D eigenvalue weighted by Gasteiger charge is 2.17. The van der Waals surface area contributed by atoms with Crippen molar-refractivity contribution in [3.63, 3.8) is 0 Å². The van der Waals surface area contributed by atoms with Crippen molar-refractivity contribution >= 4 is 46.3 Å². The maximum absolute atomic E-state index is 13.2. The predicted octanol–water partition coefficient (Wildman–Crippen LogP) is 3.63. The standard InChI is InChI=1S/C18H13ClFN5O4S/c19-11-5-9(1-3-12(11)20)23-18(27)21-7-15-24-25-17(30-15)16(26)22-10-2-4-13-14(6-10)29-8-28-13/h1-6H,7-8H2,(H,22,26)(H2,21,23,27). The lowest BCUT2D eigenvalue weighted by atomic mass is 10.3. The van der Waals surface area contributed by atoms with Gasteiger partial charge in [-0.15, -0.1) is 10.2 Å². The smallest absolute Gasteiger partial charge is 0.319 e. The summed E-state index contributed by atoms with van der Waals surface area (Å²) in [7, 11) is 0. The third-order valence-corrected chi connectivity index (χ3v) is 5.08. The fourth-order valence-electron chi connectivity index (χ4n) is 2.48. The molecule has 0 saturated heterocycles. The van der Waals surface area contributed by atoms with Crippen molar-refractivity contribution in [3.8, 4) is 11.5 Å². The van der Waals surface area contributed by atoms with Crippen LogP contribution in [-0.4, -0.2) is 28.9 Å². The van der Waals surface area contributed by atoms with Crippen molar-refractivity contribution in [3.05, 3.63) is 57.3 Å². The van der Waals surface area contributed by atoms with Gasteiger partial charge in [-0.25, -0.2) is 9.18 Å². The maximum Gasteiger partial charge on any atom is 0.319 e. The van der Waals surface area contributed by atoms with Gasteiger partial charge in [0.15, 0.2) is 11.5 Å². The molecule has 3 aromatic rings. The Labute approximate surface area is 178 Å². The van der Waals surface area contributed by atoms with E-state index in [1.807, 2.05) is 0 Å². The number of rotatable bonds is 5. The van der Waals surface area contributed by atoms with E-state index >= 15 is 0 Å². The second-order valence-corrected chi connectivity index (χ2v) is 7.43. The molecule has 1 aliphatic rings. The first kappa shape index (κ1) is 19.9.